The molecule has 114 valence electrons. The Kier molecular flexibility index (Phi) is 8.51. The van der Waals surface area contributed by atoms with Gasteiger partial charge >= 0.3 is 0 Å². The van der Waals surface area contributed by atoms with E-state index in [1.165, 1.54) is 5.56 Å². The van der Waals surface area contributed by atoms with Gasteiger partial charge in [-0.2, -0.15) is 0 Å². The van der Waals surface area contributed by atoms with Gasteiger partial charge in [-0.3, -0.25) is 4.79 Å². The summed E-state index contributed by atoms with van der Waals surface area (Å²) in [6.07, 6.45) is 1.57. The van der Waals surface area contributed by atoms with E-state index in [9.17, 15) is 4.79 Å². The molecular weight excluding hydrogens is 272 g/mol. The summed E-state index contributed by atoms with van der Waals surface area (Å²) < 4.78 is 0. The van der Waals surface area contributed by atoms with Crippen molar-refractivity contribution in [3.05, 3.63) is 35.9 Å². The topological polar surface area (TPSA) is 55.1 Å². The van der Waals surface area contributed by atoms with E-state index in [2.05, 4.69) is 24.4 Å². The molecule has 0 radical (unpaired) electrons. The van der Waals surface area contributed by atoms with Gasteiger partial charge in [0, 0.05) is 13.1 Å². The number of nitrogens with one attached hydrogen (secondary N) is 1. The van der Waals surface area contributed by atoms with E-state index in [4.69, 9.17) is 5.73 Å². The molecule has 3 nitrogen and oxygen atoms in total. The molecule has 1 unspecified atom stereocenters. The second-order valence-electron chi connectivity index (χ2n) is 5.21. The maximum absolute atomic E-state index is 12.3. The number of rotatable bonds is 7. The fraction of sp³-hybridized carbons (Fsp3) is 0.562. The highest BCUT2D eigenvalue weighted by molar-refractivity contribution is 5.85. The molecule has 0 aliphatic heterocycles. The number of benzene rings is 1. The predicted octanol–water partition coefficient (Wildman–Crippen LogP) is 3.09. The minimum atomic E-state index is -0.406. The van der Waals surface area contributed by atoms with Crippen molar-refractivity contribution in [2.75, 3.05) is 13.1 Å². The molecular formula is C16H27ClN2O. The summed E-state index contributed by atoms with van der Waals surface area (Å²) in [5.74, 6) is 0.400. The summed E-state index contributed by atoms with van der Waals surface area (Å²) in [6, 6.07) is 10.2. The molecule has 0 saturated heterocycles. The first kappa shape index (κ1) is 18.9. The second-order valence-corrected chi connectivity index (χ2v) is 5.21. The minimum absolute atomic E-state index is 0. The summed E-state index contributed by atoms with van der Waals surface area (Å²) in [6.45, 7) is 7.24. The summed E-state index contributed by atoms with van der Waals surface area (Å²) in [4.78, 5) is 12.3. The lowest BCUT2D eigenvalue weighted by Gasteiger charge is -2.29. The minimum Gasteiger partial charge on any atom is -0.355 e. The van der Waals surface area contributed by atoms with Crippen LogP contribution < -0.4 is 11.1 Å². The van der Waals surface area contributed by atoms with Crippen LogP contribution in [0.4, 0.5) is 0 Å². The van der Waals surface area contributed by atoms with Crippen LogP contribution in [0, 0.1) is 5.41 Å². The molecule has 0 saturated carbocycles. The van der Waals surface area contributed by atoms with E-state index >= 15 is 0 Å². The Morgan fingerprint density at radius 2 is 1.80 bits per heavy atom. The number of carbonyl (C=O) groups is 1. The lowest BCUT2D eigenvalue weighted by Crippen LogP contribution is -2.46. The average Bonchev–Trinajstić information content (AvgIpc) is 2.48. The van der Waals surface area contributed by atoms with Crippen molar-refractivity contribution in [1.82, 2.24) is 5.32 Å². The third-order valence-electron chi connectivity index (χ3n) is 4.16. The van der Waals surface area contributed by atoms with Gasteiger partial charge in [0.05, 0.1) is 5.41 Å². The van der Waals surface area contributed by atoms with E-state index in [0.29, 0.717) is 19.0 Å². The number of hydrogen-bond donors (Lipinski definition) is 2. The molecule has 0 spiro atoms. The molecule has 3 N–H and O–H groups in total. The molecule has 4 heteroatoms. The van der Waals surface area contributed by atoms with Crippen molar-refractivity contribution in [2.45, 2.75) is 39.5 Å². The molecule has 0 fully saturated rings. The van der Waals surface area contributed by atoms with E-state index in [0.717, 1.165) is 12.8 Å². The SMILES string of the molecule is CCC(CC)(CN)C(=O)NCC(C)c1ccccc1.Cl. The zero-order valence-electron chi connectivity index (χ0n) is 12.7. The van der Waals surface area contributed by atoms with E-state index < -0.39 is 5.41 Å². The highest BCUT2D eigenvalue weighted by Crippen LogP contribution is 2.25. The van der Waals surface area contributed by atoms with E-state index in [1.54, 1.807) is 0 Å². The summed E-state index contributed by atoms with van der Waals surface area (Å²) in [5, 5.41) is 3.06. The van der Waals surface area contributed by atoms with Gasteiger partial charge in [0.25, 0.3) is 0 Å². The first-order valence-corrected chi connectivity index (χ1v) is 7.13. The molecule has 0 bridgehead atoms. The van der Waals surface area contributed by atoms with Crippen LogP contribution in [0.3, 0.4) is 0 Å². The van der Waals surface area contributed by atoms with Crippen LogP contribution in [0.2, 0.25) is 0 Å². The highest BCUT2D eigenvalue weighted by atomic mass is 35.5. The molecule has 0 heterocycles. The molecule has 0 aliphatic carbocycles. The maximum Gasteiger partial charge on any atom is 0.227 e. The standard InChI is InChI=1S/C16H26N2O.ClH/c1-4-16(5-2,12-17)15(19)18-11-13(3)14-9-7-6-8-10-14;/h6-10,13H,4-5,11-12,17H2,1-3H3,(H,18,19);1H. The lowest BCUT2D eigenvalue weighted by atomic mass is 9.81. The van der Waals surface area contributed by atoms with Crippen molar-refractivity contribution in [3.8, 4) is 0 Å². The number of carbonyl (C=O) groups excluding carboxylic acids is 1. The van der Waals surface area contributed by atoms with Crippen molar-refractivity contribution in [3.63, 3.8) is 0 Å². The summed E-state index contributed by atoms with van der Waals surface area (Å²) >= 11 is 0. The predicted molar refractivity (Wildman–Crippen MR) is 87.2 cm³/mol. The van der Waals surface area contributed by atoms with Crippen LogP contribution in [0.25, 0.3) is 0 Å². The number of amides is 1. The van der Waals surface area contributed by atoms with Gasteiger partial charge in [-0.25, -0.2) is 0 Å². The number of nitrogens with two attached hydrogens (primary N) is 1. The first-order chi connectivity index (χ1) is 9.09. The average molecular weight is 299 g/mol. The van der Waals surface area contributed by atoms with E-state index in [-0.39, 0.29) is 18.3 Å². The lowest BCUT2D eigenvalue weighted by molar-refractivity contribution is -0.131. The van der Waals surface area contributed by atoms with Gasteiger partial charge in [0.15, 0.2) is 0 Å². The molecule has 1 atom stereocenters. The van der Waals surface area contributed by atoms with Crippen LogP contribution in [0.5, 0.6) is 0 Å². The first-order valence-electron chi connectivity index (χ1n) is 7.13. The second kappa shape index (κ2) is 8.98. The Hall–Kier alpha value is -1.06. The van der Waals surface area contributed by atoms with Gasteiger partial charge < -0.3 is 11.1 Å². The maximum atomic E-state index is 12.3. The molecule has 20 heavy (non-hydrogen) atoms. The Labute approximate surface area is 128 Å². The summed E-state index contributed by atoms with van der Waals surface area (Å²) in [7, 11) is 0. The van der Waals surface area contributed by atoms with E-state index in [1.807, 2.05) is 32.0 Å². The van der Waals surface area contributed by atoms with Crippen molar-refractivity contribution < 1.29 is 4.79 Å². The van der Waals surface area contributed by atoms with Crippen molar-refractivity contribution >= 4 is 18.3 Å². The normalized spacial score (nSPS) is 12.4. The van der Waals surface area contributed by atoms with Crippen LogP contribution in [-0.4, -0.2) is 19.0 Å². The zero-order chi connectivity index (χ0) is 14.3. The van der Waals surface area contributed by atoms with Crippen LogP contribution in [0.15, 0.2) is 30.3 Å². The third kappa shape index (κ3) is 4.50. The largest absolute Gasteiger partial charge is 0.355 e. The van der Waals surface area contributed by atoms with Crippen LogP contribution in [-0.2, 0) is 4.79 Å². The number of hydrogen-bond acceptors (Lipinski definition) is 2. The van der Waals surface area contributed by atoms with Gasteiger partial charge in [0.2, 0.25) is 5.91 Å². The smallest absolute Gasteiger partial charge is 0.227 e. The molecule has 1 rings (SSSR count). The highest BCUT2D eigenvalue weighted by Gasteiger charge is 2.33. The summed E-state index contributed by atoms with van der Waals surface area (Å²) in [5.41, 5.74) is 6.62. The molecule has 1 aromatic carbocycles. The quantitative estimate of drug-likeness (QED) is 0.813. The van der Waals surface area contributed by atoms with Crippen LogP contribution in [0.1, 0.15) is 45.1 Å². The fourth-order valence-corrected chi connectivity index (χ4v) is 2.29. The Bertz CT molecular complexity index is 382. The third-order valence-corrected chi connectivity index (χ3v) is 4.16. The number of halogens is 1. The van der Waals surface area contributed by atoms with Gasteiger partial charge in [-0.05, 0) is 24.3 Å². The Balaban J connectivity index is 0.00000361. The van der Waals surface area contributed by atoms with Crippen molar-refractivity contribution in [2.24, 2.45) is 11.1 Å². The molecule has 0 aromatic heterocycles. The fourth-order valence-electron chi connectivity index (χ4n) is 2.29. The van der Waals surface area contributed by atoms with Gasteiger partial charge in [-0.1, -0.05) is 51.1 Å². The Morgan fingerprint density at radius 3 is 2.25 bits per heavy atom. The molecule has 1 aromatic rings. The van der Waals surface area contributed by atoms with Crippen molar-refractivity contribution in [1.29, 1.82) is 0 Å². The van der Waals surface area contributed by atoms with Gasteiger partial charge in [-0.15, -0.1) is 12.4 Å². The molecule has 0 aliphatic rings. The monoisotopic (exact) mass is 298 g/mol. The van der Waals surface area contributed by atoms with Crippen LogP contribution >= 0.6 is 12.4 Å². The molecule has 1 amide bonds. The Morgan fingerprint density at radius 1 is 1.25 bits per heavy atom. The van der Waals surface area contributed by atoms with Gasteiger partial charge in [0.1, 0.15) is 0 Å². The zero-order valence-corrected chi connectivity index (χ0v) is 13.5.